The molecule has 3 aromatic rings. The normalized spacial score (nSPS) is 22.7. The van der Waals surface area contributed by atoms with Crippen molar-refractivity contribution in [3.05, 3.63) is 69.4 Å². The molecule has 9 heteroatoms. The van der Waals surface area contributed by atoms with Crippen LogP contribution < -0.4 is 10.5 Å². The number of nitrogens with zero attached hydrogens (tertiary/aromatic N) is 4. The van der Waals surface area contributed by atoms with Crippen LogP contribution in [0.5, 0.6) is 0 Å². The van der Waals surface area contributed by atoms with Crippen molar-refractivity contribution in [1.82, 2.24) is 14.3 Å². The topological polar surface area (TPSA) is 71.1 Å². The number of hydrogen-bond acceptors (Lipinski definition) is 7. The summed E-state index contributed by atoms with van der Waals surface area (Å²) in [6, 6.07) is 9.07. The first-order chi connectivity index (χ1) is 15.9. The van der Waals surface area contributed by atoms with E-state index in [1.54, 1.807) is 36.7 Å². The van der Waals surface area contributed by atoms with Crippen LogP contribution in [0.25, 0.3) is 11.7 Å². The molecule has 5 heterocycles. The molecule has 33 heavy (non-hydrogen) atoms. The highest BCUT2D eigenvalue weighted by molar-refractivity contribution is 8.26. The number of piperidine rings is 1. The molecule has 3 aromatic heterocycles. The molecule has 2 atom stereocenters. The van der Waals surface area contributed by atoms with Gasteiger partial charge in [-0.25, -0.2) is 4.98 Å². The lowest BCUT2D eigenvalue weighted by atomic mass is 9.91. The fraction of sp³-hybridized carbons (Fsp3) is 0.333. The van der Waals surface area contributed by atoms with Gasteiger partial charge >= 0.3 is 0 Å². The van der Waals surface area contributed by atoms with E-state index < -0.39 is 0 Å². The van der Waals surface area contributed by atoms with Crippen molar-refractivity contribution in [3.63, 3.8) is 0 Å². The maximum absolute atomic E-state index is 13.5. The Morgan fingerprint density at radius 1 is 1.18 bits per heavy atom. The summed E-state index contributed by atoms with van der Waals surface area (Å²) in [7, 11) is 0. The van der Waals surface area contributed by atoms with Gasteiger partial charge in [0, 0.05) is 19.3 Å². The molecule has 170 valence electrons. The molecular formula is C24H24N4O3S2. The number of pyridine rings is 1. The second kappa shape index (κ2) is 8.79. The summed E-state index contributed by atoms with van der Waals surface area (Å²) in [5.41, 5.74) is 0.808. The van der Waals surface area contributed by atoms with Gasteiger partial charge in [0.15, 0.2) is 0 Å². The third kappa shape index (κ3) is 4.22. The van der Waals surface area contributed by atoms with E-state index in [1.807, 2.05) is 12.1 Å². The predicted molar refractivity (Wildman–Crippen MR) is 134 cm³/mol. The lowest BCUT2D eigenvalue weighted by molar-refractivity contribution is -0.122. The highest BCUT2D eigenvalue weighted by Crippen LogP contribution is 2.35. The van der Waals surface area contributed by atoms with E-state index in [9.17, 15) is 9.59 Å². The van der Waals surface area contributed by atoms with Crippen LogP contribution >= 0.6 is 24.0 Å². The van der Waals surface area contributed by atoms with E-state index in [-0.39, 0.29) is 18.0 Å². The van der Waals surface area contributed by atoms with Crippen molar-refractivity contribution in [2.45, 2.75) is 26.8 Å². The third-order valence-corrected chi connectivity index (χ3v) is 7.34. The minimum atomic E-state index is -0.231. The molecule has 0 N–H and O–H groups in total. The van der Waals surface area contributed by atoms with Crippen molar-refractivity contribution < 1.29 is 9.21 Å². The Bertz CT molecular complexity index is 1300. The van der Waals surface area contributed by atoms with Gasteiger partial charge in [0.25, 0.3) is 11.5 Å². The molecule has 2 aliphatic heterocycles. The number of aromatic nitrogens is 2. The van der Waals surface area contributed by atoms with E-state index in [0.717, 1.165) is 19.5 Å². The highest BCUT2D eigenvalue weighted by atomic mass is 32.2. The molecule has 1 amide bonds. The number of amides is 1. The zero-order chi connectivity index (χ0) is 23.1. The summed E-state index contributed by atoms with van der Waals surface area (Å²) in [5, 5.41) is 0. The first kappa shape index (κ1) is 21.9. The molecule has 0 spiro atoms. The predicted octanol–water partition coefficient (Wildman–Crippen LogP) is 4.17. The second-order valence-corrected chi connectivity index (χ2v) is 10.5. The van der Waals surface area contributed by atoms with Gasteiger partial charge in [0.1, 0.15) is 21.5 Å². The third-order valence-electron chi connectivity index (χ3n) is 5.96. The van der Waals surface area contributed by atoms with Crippen LogP contribution in [0.1, 0.15) is 31.6 Å². The van der Waals surface area contributed by atoms with Gasteiger partial charge in [-0.15, -0.1) is 0 Å². The smallest absolute Gasteiger partial charge is 0.267 e. The number of anilines is 1. The van der Waals surface area contributed by atoms with Crippen LogP contribution in [0.4, 0.5) is 5.82 Å². The standard InChI is InChI=1S/C24H24N4O3S2/c1-15-10-16(2)13-26(12-15)21-18(22(29)27-8-4-3-7-20(27)25-21)11-19-23(30)28(24(32)33-19)14-17-6-5-9-31-17/h3-9,11,15-16H,10,12-14H2,1-2H3/b19-11+/t15-,16+. The molecule has 2 aliphatic rings. The average molecular weight is 481 g/mol. The Hall–Kier alpha value is -2.91. The average Bonchev–Trinajstić information content (AvgIpc) is 3.39. The molecule has 0 radical (unpaired) electrons. The van der Waals surface area contributed by atoms with Gasteiger partial charge in [-0.2, -0.15) is 0 Å². The first-order valence-electron chi connectivity index (χ1n) is 10.9. The Kier molecular flexibility index (Phi) is 5.84. The van der Waals surface area contributed by atoms with Gasteiger partial charge in [-0.1, -0.05) is 43.9 Å². The number of carbonyl (C=O) groups excluding carboxylic acids is 1. The molecule has 0 unspecified atom stereocenters. The number of thioether (sulfide) groups is 1. The Labute approximate surface area is 201 Å². The van der Waals surface area contributed by atoms with Crippen molar-refractivity contribution >= 4 is 51.7 Å². The fourth-order valence-corrected chi connectivity index (χ4v) is 5.86. The molecule has 0 bridgehead atoms. The largest absolute Gasteiger partial charge is 0.467 e. The molecule has 7 nitrogen and oxygen atoms in total. The summed E-state index contributed by atoms with van der Waals surface area (Å²) in [6.45, 7) is 6.34. The van der Waals surface area contributed by atoms with Crippen molar-refractivity contribution in [3.8, 4) is 0 Å². The van der Waals surface area contributed by atoms with E-state index in [1.165, 1.54) is 21.1 Å². The summed E-state index contributed by atoms with van der Waals surface area (Å²) < 4.78 is 7.35. The van der Waals surface area contributed by atoms with Gasteiger partial charge in [-0.3, -0.25) is 18.9 Å². The quantitative estimate of drug-likeness (QED) is 0.410. The van der Waals surface area contributed by atoms with E-state index in [4.69, 9.17) is 21.6 Å². The summed E-state index contributed by atoms with van der Waals surface area (Å²) in [6.07, 6.45) is 6.08. The van der Waals surface area contributed by atoms with Crippen LogP contribution in [-0.2, 0) is 11.3 Å². The van der Waals surface area contributed by atoms with E-state index in [2.05, 4.69) is 18.7 Å². The van der Waals surface area contributed by atoms with Crippen LogP contribution in [0.3, 0.4) is 0 Å². The summed E-state index contributed by atoms with van der Waals surface area (Å²) >= 11 is 6.66. The molecule has 2 saturated heterocycles. The monoisotopic (exact) mass is 480 g/mol. The minimum absolute atomic E-state index is 0.196. The van der Waals surface area contributed by atoms with Crippen LogP contribution in [-0.4, -0.2) is 37.6 Å². The lowest BCUT2D eigenvalue weighted by Crippen LogP contribution is -2.40. The maximum atomic E-state index is 13.5. The second-order valence-electron chi connectivity index (χ2n) is 8.78. The summed E-state index contributed by atoms with van der Waals surface area (Å²) in [4.78, 5) is 35.7. The maximum Gasteiger partial charge on any atom is 0.267 e. The molecule has 2 fully saturated rings. The van der Waals surface area contributed by atoms with Crippen LogP contribution in [0.15, 0.2) is 56.9 Å². The molecule has 0 aliphatic carbocycles. The van der Waals surface area contributed by atoms with Crippen LogP contribution in [0.2, 0.25) is 0 Å². The number of furan rings is 1. The SMILES string of the molecule is C[C@@H]1C[C@H](C)CN(c2nc3ccccn3c(=O)c2/C=C2/SC(=S)N(Cc3ccco3)C2=O)C1. The number of carbonyl (C=O) groups is 1. The summed E-state index contributed by atoms with van der Waals surface area (Å²) in [5.74, 6) is 2.02. The van der Waals surface area contributed by atoms with Crippen molar-refractivity contribution in [2.24, 2.45) is 11.8 Å². The van der Waals surface area contributed by atoms with Gasteiger partial charge in [0.05, 0.1) is 23.3 Å². The number of hydrogen-bond donors (Lipinski definition) is 0. The minimum Gasteiger partial charge on any atom is -0.467 e. The van der Waals surface area contributed by atoms with Crippen molar-refractivity contribution in [1.29, 1.82) is 0 Å². The molecule has 0 aromatic carbocycles. The number of rotatable bonds is 4. The van der Waals surface area contributed by atoms with Crippen LogP contribution in [0, 0.1) is 11.8 Å². The van der Waals surface area contributed by atoms with E-state index in [0.29, 0.717) is 43.9 Å². The number of fused-ring (bicyclic) bond motifs is 1. The zero-order valence-electron chi connectivity index (χ0n) is 18.4. The fourth-order valence-electron chi connectivity index (χ4n) is 4.62. The Morgan fingerprint density at radius 3 is 2.70 bits per heavy atom. The molecular weight excluding hydrogens is 456 g/mol. The molecule has 5 rings (SSSR count). The zero-order valence-corrected chi connectivity index (χ0v) is 20.1. The Balaban J connectivity index is 1.59. The molecule has 0 saturated carbocycles. The lowest BCUT2D eigenvalue weighted by Gasteiger charge is -2.36. The highest BCUT2D eigenvalue weighted by Gasteiger charge is 2.34. The number of thiocarbonyl (C=S) groups is 1. The first-order valence-corrected chi connectivity index (χ1v) is 12.2. The Morgan fingerprint density at radius 2 is 1.97 bits per heavy atom. The van der Waals surface area contributed by atoms with E-state index >= 15 is 0 Å². The van der Waals surface area contributed by atoms with Crippen molar-refractivity contribution in [2.75, 3.05) is 18.0 Å². The van der Waals surface area contributed by atoms with Gasteiger partial charge in [0.2, 0.25) is 0 Å². The van der Waals surface area contributed by atoms with Gasteiger partial charge < -0.3 is 9.32 Å². The van der Waals surface area contributed by atoms with Gasteiger partial charge in [-0.05, 0) is 48.6 Å².